The largest absolute Gasteiger partial charge is 0.381 e. The summed E-state index contributed by atoms with van der Waals surface area (Å²) in [5, 5.41) is 7.40. The molecule has 1 heterocycles. The Hall–Kier alpha value is -1.36. The Balaban J connectivity index is 2.07. The standard InChI is InChI=1S/C12H13BrFN3/c1-8-9(7-16-17(8)2)6-15-10-3-4-12(14)11(13)5-10/h3-5,7,15H,6H2,1-2H3. The third-order valence-electron chi connectivity index (χ3n) is 2.74. The van der Waals surface area contributed by atoms with Gasteiger partial charge in [-0.3, -0.25) is 4.68 Å². The van der Waals surface area contributed by atoms with E-state index in [1.54, 1.807) is 12.1 Å². The van der Waals surface area contributed by atoms with Crippen molar-refractivity contribution in [1.29, 1.82) is 0 Å². The molecule has 17 heavy (non-hydrogen) atoms. The van der Waals surface area contributed by atoms with Gasteiger partial charge in [0.05, 0.1) is 10.7 Å². The number of rotatable bonds is 3. The quantitative estimate of drug-likeness (QED) is 0.942. The van der Waals surface area contributed by atoms with Crippen LogP contribution in [0.25, 0.3) is 0 Å². The Labute approximate surface area is 108 Å². The van der Waals surface area contributed by atoms with Crippen LogP contribution in [0, 0.1) is 12.7 Å². The smallest absolute Gasteiger partial charge is 0.137 e. The molecule has 0 saturated carbocycles. The molecular weight excluding hydrogens is 285 g/mol. The molecule has 0 amide bonds. The summed E-state index contributed by atoms with van der Waals surface area (Å²) in [6.07, 6.45) is 1.83. The second kappa shape index (κ2) is 4.87. The van der Waals surface area contributed by atoms with Crippen LogP contribution in [0.15, 0.2) is 28.9 Å². The third-order valence-corrected chi connectivity index (χ3v) is 3.35. The Bertz CT molecular complexity index is 537. The number of hydrogen-bond acceptors (Lipinski definition) is 2. The third kappa shape index (κ3) is 2.66. The van der Waals surface area contributed by atoms with E-state index in [0.717, 1.165) is 16.9 Å². The summed E-state index contributed by atoms with van der Waals surface area (Å²) in [6.45, 7) is 2.70. The number of nitrogens with zero attached hydrogens (tertiary/aromatic N) is 2. The lowest BCUT2D eigenvalue weighted by Crippen LogP contribution is -2.01. The molecule has 0 atom stereocenters. The van der Waals surface area contributed by atoms with Crippen molar-refractivity contribution in [3.05, 3.63) is 45.9 Å². The number of nitrogens with one attached hydrogen (secondary N) is 1. The summed E-state index contributed by atoms with van der Waals surface area (Å²) in [7, 11) is 1.91. The minimum Gasteiger partial charge on any atom is -0.381 e. The van der Waals surface area contributed by atoms with Crippen LogP contribution in [0.1, 0.15) is 11.3 Å². The Morgan fingerprint density at radius 2 is 2.24 bits per heavy atom. The van der Waals surface area contributed by atoms with Gasteiger partial charge in [0.2, 0.25) is 0 Å². The highest BCUT2D eigenvalue weighted by Crippen LogP contribution is 2.20. The maximum absolute atomic E-state index is 13.0. The monoisotopic (exact) mass is 297 g/mol. The molecular formula is C12H13BrFN3. The van der Waals surface area contributed by atoms with Gasteiger partial charge in [0.25, 0.3) is 0 Å². The molecule has 0 aliphatic heterocycles. The van der Waals surface area contributed by atoms with E-state index in [4.69, 9.17) is 0 Å². The Morgan fingerprint density at radius 1 is 1.47 bits per heavy atom. The number of benzene rings is 1. The van der Waals surface area contributed by atoms with Crippen LogP contribution in [0.2, 0.25) is 0 Å². The first-order chi connectivity index (χ1) is 8.08. The van der Waals surface area contributed by atoms with Gasteiger partial charge in [-0.1, -0.05) is 0 Å². The van der Waals surface area contributed by atoms with Gasteiger partial charge in [0.1, 0.15) is 5.82 Å². The average molecular weight is 298 g/mol. The van der Waals surface area contributed by atoms with E-state index < -0.39 is 0 Å². The van der Waals surface area contributed by atoms with Crippen LogP contribution in [0.3, 0.4) is 0 Å². The van der Waals surface area contributed by atoms with E-state index in [1.807, 2.05) is 24.9 Å². The Kier molecular flexibility index (Phi) is 3.47. The minimum absolute atomic E-state index is 0.256. The molecule has 0 bridgehead atoms. The summed E-state index contributed by atoms with van der Waals surface area (Å²) in [4.78, 5) is 0. The molecule has 0 unspecified atom stereocenters. The van der Waals surface area contributed by atoms with Crippen molar-refractivity contribution in [3.63, 3.8) is 0 Å². The molecule has 1 aromatic carbocycles. The molecule has 0 aliphatic rings. The van der Waals surface area contributed by atoms with Gasteiger partial charge in [0, 0.05) is 30.5 Å². The predicted octanol–water partition coefficient (Wildman–Crippen LogP) is 3.24. The minimum atomic E-state index is -0.256. The fourth-order valence-electron chi connectivity index (χ4n) is 1.52. The van der Waals surface area contributed by atoms with Crippen LogP contribution in [0.5, 0.6) is 0 Å². The van der Waals surface area contributed by atoms with Crippen molar-refractivity contribution in [1.82, 2.24) is 9.78 Å². The normalized spacial score (nSPS) is 10.6. The SMILES string of the molecule is Cc1c(CNc2ccc(F)c(Br)c2)cnn1C. The van der Waals surface area contributed by atoms with Crippen LogP contribution < -0.4 is 5.32 Å². The fraction of sp³-hybridized carbons (Fsp3) is 0.250. The maximum Gasteiger partial charge on any atom is 0.137 e. The molecule has 3 nitrogen and oxygen atoms in total. The van der Waals surface area contributed by atoms with Gasteiger partial charge in [-0.2, -0.15) is 5.10 Å². The lowest BCUT2D eigenvalue weighted by atomic mass is 10.2. The number of anilines is 1. The first kappa shape index (κ1) is 12.1. The van der Waals surface area contributed by atoms with Gasteiger partial charge in [-0.15, -0.1) is 0 Å². The molecule has 0 spiro atoms. The van der Waals surface area contributed by atoms with Gasteiger partial charge in [-0.05, 0) is 41.1 Å². The molecule has 90 valence electrons. The zero-order valence-electron chi connectivity index (χ0n) is 9.67. The number of hydrogen-bond donors (Lipinski definition) is 1. The summed E-state index contributed by atoms with van der Waals surface area (Å²) in [5.41, 5.74) is 3.13. The van der Waals surface area contributed by atoms with E-state index in [2.05, 4.69) is 26.3 Å². The van der Waals surface area contributed by atoms with Crippen molar-refractivity contribution in [2.45, 2.75) is 13.5 Å². The number of aryl methyl sites for hydroxylation is 1. The predicted molar refractivity (Wildman–Crippen MR) is 69.4 cm³/mol. The highest BCUT2D eigenvalue weighted by atomic mass is 79.9. The molecule has 5 heteroatoms. The Morgan fingerprint density at radius 3 is 2.82 bits per heavy atom. The maximum atomic E-state index is 13.0. The topological polar surface area (TPSA) is 29.9 Å². The highest BCUT2D eigenvalue weighted by molar-refractivity contribution is 9.10. The molecule has 0 aliphatic carbocycles. The van der Waals surface area contributed by atoms with Crippen LogP contribution in [-0.4, -0.2) is 9.78 Å². The van der Waals surface area contributed by atoms with Gasteiger partial charge in [-0.25, -0.2) is 4.39 Å². The molecule has 2 aromatic rings. The molecule has 0 fully saturated rings. The van der Waals surface area contributed by atoms with Crippen molar-refractivity contribution in [2.24, 2.45) is 7.05 Å². The van der Waals surface area contributed by atoms with Crippen LogP contribution >= 0.6 is 15.9 Å². The van der Waals surface area contributed by atoms with Crippen molar-refractivity contribution >= 4 is 21.6 Å². The van der Waals surface area contributed by atoms with E-state index >= 15 is 0 Å². The van der Waals surface area contributed by atoms with Gasteiger partial charge in [0.15, 0.2) is 0 Å². The van der Waals surface area contributed by atoms with Gasteiger partial charge >= 0.3 is 0 Å². The second-order valence-corrected chi connectivity index (χ2v) is 4.72. The number of halogens is 2. The summed E-state index contributed by atoms with van der Waals surface area (Å²) in [5.74, 6) is -0.256. The first-order valence-corrected chi connectivity index (χ1v) is 6.03. The molecule has 2 rings (SSSR count). The van der Waals surface area contributed by atoms with Crippen LogP contribution in [-0.2, 0) is 13.6 Å². The second-order valence-electron chi connectivity index (χ2n) is 3.86. The molecule has 1 N–H and O–H groups in total. The summed E-state index contributed by atoms with van der Waals surface area (Å²) >= 11 is 3.16. The zero-order chi connectivity index (χ0) is 12.4. The van der Waals surface area contributed by atoms with Gasteiger partial charge < -0.3 is 5.32 Å². The molecule has 0 saturated heterocycles. The first-order valence-electron chi connectivity index (χ1n) is 5.24. The van der Waals surface area contributed by atoms with Crippen molar-refractivity contribution in [2.75, 3.05) is 5.32 Å². The van der Waals surface area contributed by atoms with E-state index in [1.165, 1.54) is 6.07 Å². The number of aromatic nitrogens is 2. The van der Waals surface area contributed by atoms with E-state index in [-0.39, 0.29) is 5.82 Å². The summed E-state index contributed by atoms with van der Waals surface area (Å²) in [6, 6.07) is 4.87. The highest BCUT2D eigenvalue weighted by Gasteiger charge is 2.04. The van der Waals surface area contributed by atoms with Crippen LogP contribution in [0.4, 0.5) is 10.1 Å². The zero-order valence-corrected chi connectivity index (χ0v) is 11.3. The average Bonchev–Trinajstić information content (AvgIpc) is 2.62. The van der Waals surface area contributed by atoms with Crippen molar-refractivity contribution in [3.8, 4) is 0 Å². The molecule has 0 radical (unpaired) electrons. The lowest BCUT2D eigenvalue weighted by Gasteiger charge is -2.06. The van der Waals surface area contributed by atoms with E-state index in [9.17, 15) is 4.39 Å². The fourth-order valence-corrected chi connectivity index (χ4v) is 1.90. The molecule has 1 aromatic heterocycles. The summed E-state index contributed by atoms with van der Waals surface area (Å²) < 4.78 is 15.3. The lowest BCUT2D eigenvalue weighted by molar-refractivity contribution is 0.621. The van der Waals surface area contributed by atoms with E-state index in [0.29, 0.717) is 11.0 Å². The van der Waals surface area contributed by atoms with Crippen molar-refractivity contribution < 1.29 is 4.39 Å².